The maximum Gasteiger partial charge on any atom is 0.236 e. The van der Waals surface area contributed by atoms with Crippen LogP contribution in [0.1, 0.15) is 31.8 Å². The van der Waals surface area contributed by atoms with Crippen molar-refractivity contribution < 1.29 is 4.79 Å². The number of rotatable bonds is 6. The van der Waals surface area contributed by atoms with Crippen LogP contribution in [-0.4, -0.2) is 28.5 Å². The van der Waals surface area contributed by atoms with E-state index in [4.69, 9.17) is 0 Å². The molecule has 90 valence electrons. The smallest absolute Gasteiger partial charge is 0.236 e. The second-order valence-electron chi connectivity index (χ2n) is 3.89. The van der Waals surface area contributed by atoms with Gasteiger partial charge in [0.1, 0.15) is 5.82 Å². The second kappa shape index (κ2) is 6.27. The van der Waals surface area contributed by atoms with Crippen LogP contribution in [0.15, 0.2) is 6.20 Å². The predicted molar refractivity (Wildman–Crippen MR) is 62.9 cm³/mol. The van der Waals surface area contributed by atoms with Gasteiger partial charge in [0.15, 0.2) is 0 Å². The molecule has 1 aromatic heterocycles. The van der Waals surface area contributed by atoms with Gasteiger partial charge < -0.3 is 15.6 Å². The monoisotopic (exact) mass is 224 g/mol. The van der Waals surface area contributed by atoms with Crippen molar-refractivity contribution in [2.45, 2.75) is 39.8 Å². The normalized spacial score (nSPS) is 12.4. The first kappa shape index (κ1) is 12.7. The first-order valence-electron chi connectivity index (χ1n) is 5.65. The van der Waals surface area contributed by atoms with E-state index in [2.05, 4.69) is 20.6 Å². The number of carbonyl (C=O) groups is 1. The van der Waals surface area contributed by atoms with Gasteiger partial charge in [-0.1, -0.05) is 6.92 Å². The Labute approximate surface area is 96.0 Å². The Morgan fingerprint density at radius 1 is 1.62 bits per heavy atom. The molecule has 0 aliphatic rings. The molecule has 0 aromatic carbocycles. The molecule has 0 spiro atoms. The van der Waals surface area contributed by atoms with Crippen molar-refractivity contribution >= 4 is 5.91 Å². The Bertz CT molecular complexity index is 334. The molecule has 1 unspecified atom stereocenters. The molecule has 0 saturated carbocycles. The SMILES string of the molecule is CCCNC(=O)C(C)NCc1cnc(C)[nH]1. The zero-order valence-corrected chi connectivity index (χ0v) is 10.1. The summed E-state index contributed by atoms with van der Waals surface area (Å²) in [5.74, 6) is 0.929. The van der Waals surface area contributed by atoms with Crippen LogP contribution in [0, 0.1) is 6.92 Å². The highest BCUT2D eigenvalue weighted by Crippen LogP contribution is 1.95. The molecular weight excluding hydrogens is 204 g/mol. The maximum absolute atomic E-state index is 11.5. The zero-order valence-electron chi connectivity index (χ0n) is 10.1. The summed E-state index contributed by atoms with van der Waals surface area (Å²) in [4.78, 5) is 18.7. The van der Waals surface area contributed by atoms with Gasteiger partial charge in [0.25, 0.3) is 0 Å². The molecule has 5 heteroatoms. The van der Waals surface area contributed by atoms with E-state index in [1.54, 1.807) is 6.20 Å². The zero-order chi connectivity index (χ0) is 12.0. The second-order valence-corrected chi connectivity index (χ2v) is 3.89. The minimum absolute atomic E-state index is 0.0399. The third-order valence-corrected chi connectivity index (χ3v) is 2.30. The van der Waals surface area contributed by atoms with Crippen molar-refractivity contribution in [2.24, 2.45) is 0 Å². The standard InChI is InChI=1S/C11H20N4O/c1-4-5-12-11(16)8(2)13-6-10-7-14-9(3)15-10/h7-8,13H,4-6H2,1-3H3,(H,12,16)(H,14,15). The lowest BCUT2D eigenvalue weighted by Crippen LogP contribution is -2.42. The average molecular weight is 224 g/mol. The number of hydrogen-bond acceptors (Lipinski definition) is 3. The molecule has 0 fully saturated rings. The molecule has 5 nitrogen and oxygen atoms in total. The van der Waals surface area contributed by atoms with Gasteiger partial charge in [0, 0.05) is 25.0 Å². The summed E-state index contributed by atoms with van der Waals surface area (Å²) in [5.41, 5.74) is 0.993. The highest BCUT2D eigenvalue weighted by Gasteiger charge is 2.11. The first-order valence-corrected chi connectivity index (χ1v) is 5.65. The minimum Gasteiger partial charge on any atom is -0.355 e. The predicted octanol–water partition coefficient (Wildman–Crippen LogP) is 0.722. The average Bonchev–Trinajstić information content (AvgIpc) is 2.68. The summed E-state index contributed by atoms with van der Waals surface area (Å²) in [5, 5.41) is 5.98. The molecule has 1 aromatic rings. The topological polar surface area (TPSA) is 69.8 Å². The Kier molecular flexibility index (Phi) is 4.98. The lowest BCUT2D eigenvalue weighted by atomic mass is 10.3. The number of hydrogen-bond donors (Lipinski definition) is 3. The van der Waals surface area contributed by atoms with Gasteiger partial charge in [-0.15, -0.1) is 0 Å². The summed E-state index contributed by atoms with van der Waals surface area (Å²) < 4.78 is 0. The first-order chi connectivity index (χ1) is 7.63. The number of H-pyrrole nitrogens is 1. The van der Waals surface area contributed by atoms with E-state index in [1.807, 2.05) is 20.8 Å². The van der Waals surface area contributed by atoms with Gasteiger partial charge in [-0.25, -0.2) is 4.98 Å². The molecule has 0 aliphatic carbocycles. The third-order valence-electron chi connectivity index (χ3n) is 2.30. The van der Waals surface area contributed by atoms with Crippen LogP contribution in [0.5, 0.6) is 0 Å². The highest BCUT2D eigenvalue weighted by molar-refractivity contribution is 5.81. The number of nitrogens with one attached hydrogen (secondary N) is 3. The maximum atomic E-state index is 11.5. The molecular formula is C11H20N4O. The van der Waals surface area contributed by atoms with Crippen molar-refractivity contribution in [1.29, 1.82) is 0 Å². The molecule has 0 radical (unpaired) electrons. The van der Waals surface area contributed by atoms with Gasteiger partial charge in [-0.05, 0) is 20.3 Å². The van der Waals surface area contributed by atoms with E-state index in [0.717, 1.165) is 24.5 Å². The number of aromatic nitrogens is 2. The van der Waals surface area contributed by atoms with E-state index < -0.39 is 0 Å². The lowest BCUT2D eigenvalue weighted by Gasteiger charge is -2.12. The fourth-order valence-electron chi connectivity index (χ4n) is 1.32. The van der Waals surface area contributed by atoms with Gasteiger partial charge in [-0.2, -0.15) is 0 Å². The van der Waals surface area contributed by atoms with E-state index in [9.17, 15) is 4.79 Å². The van der Waals surface area contributed by atoms with E-state index >= 15 is 0 Å². The van der Waals surface area contributed by atoms with Crippen LogP contribution < -0.4 is 10.6 Å². The minimum atomic E-state index is -0.185. The Hall–Kier alpha value is -1.36. The van der Waals surface area contributed by atoms with E-state index in [-0.39, 0.29) is 11.9 Å². The molecule has 1 heterocycles. The quantitative estimate of drug-likeness (QED) is 0.667. The van der Waals surface area contributed by atoms with Crippen LogP contribution in [0.3, 0.4) is 0 Å². The Morgan fingerprint density at radius 3 is 2.94 bits per heavy atom. The largest absolute Gasteiger partial charge is 0.355 e. The van der Waals surface area contributed by atoms with Crippen molar-refractivity contribution in [3.8, 4) is 0 Å². The molecule has 1 amide bonds. The number of nitrogens with zero attached hydrogens (tertiary/aromatic N) is 1. The van der Waals surface area contributed by atoms with Crippen LogP contribution in [0.25, 0.3) is 0 Å². The lowest BCUT2D eigenvalue weighted by molar-refractivity contribution is -0.122. The van der Waals surface area contributed by atoms with Gasteiger partial charge in [-0.3, -0.25) is 4.79 Å². The fraction of sp³-hybridized carbons (Fsp3) is 0.636. The number of carbonyl (C=O) groups excluding carboxylic acids is 1. The van der Waals surface area contributed by atoms with Crippen molar-refractivity contribution in [3.63, 3.8) is 0 Å². The number of aromatic amines is 1. The van der Waals surface area contributed by atoms with Gasteiger partial charge in [0.05, 0.1) is 6.04 Å². The van der Waals surface area contributed by atoms with Crippen LogP contribution in [-0.2, 0) is 11.3 Å². The number of imidazole rings is 1. The number of aryl methyl sites for hydroxylation is 1. The van der Waals surface area contributed by atoms with E-state index in [0.29, 0.717) is 6.54 Å². The molecule has 1 atom stereocenters. The molecule has 16 heavy (non-hydrogen) atoms. The van der Waals surface area contributed by atoms with Gasteiger partial charge in [0.2, 0.25) is 5.91 Å². The molecule has 0 aliphatic heterocycles. The summed E-state index contributed by atoms with van der Waals surface area (Å²) in [6, 6.07) is -0.185. The fourth-order valence-corrected chi connectivity index (χ4v) is 1.32. The molecule has 3 N–H and O–H groups in total. The summed E-state index contributed by atoms with van der Waals surface area (Å²) >= 11 is 0. The van der Waals surface area contributed by atoms with Crippen molar-refractivity contribution in [3.05, 3.63) is 17.7 Å². The van der Waals surface area contributed by atoms with Gasteiger partial charge >= 0.3 is 0 Å². The third kappa shape index (κ3) is 4.02. The summed E-state index contributed by atoms with van der Waals surface area (Å²) in [6.45, 7) is 7.15. The molecule has 0 bridgehead atoms. The Balaban J connectivity index is 2.29. The Morgan fingerprint density at radius 2 is 2.38 bits per heavy atom. The van der Waals surface area contributed by atoms with Crippen molar-refractivity contribution in [1.82, 2.24) is 20.6 Å². The summed E-state index contributed by atoms with van der Waals surface area (Å²) in [6.07, 6.45) is 2.73. The molecule has 1 rings (SSSR count). The summed E-state index contributed by atoms with van der Waals surface area (Å²) in [7, 11) is 0. The highest BCUT2D eigenvalue weighted by atomic mass is 16.2. The number of amides is 1. The van der Waals surface area contributed by atoms with Crippen LogP contribution >= 0.6 is 0 Å². The van der Waals surface area contributed by atoms with Crippen LogP contribution in [0.4, 0.5) is 0 Å². The molecule has 0 saturated heterocycles. The van der Waals surface area contributed by atoms with E-state index in [1.165, 1.54) is 0 Å². The van der Waals surface area contributed by atoms with Crippen LogP contribution in [0.2, 0.25) is 0 Å². The van der Waals surface area contributed by atoms with Crippen molar-refractivity contribution in [2.75, 3.05) is 6.54 Å².